The van der Waals surface area contributed by atoms with Gasteiger partial charge in [-0.15, -0.1) is 0 Å². The molecule has 178 valence electrons. The van der Waals surface area contributed by atoms with Crippen LogP contribution < -0.4 is 10.6 Å². The predicted octanol–water partition coefficient (Wildman–Crippen LogP) is 6.42. The number of carbonyl (C=O) groups is 1. The lowest BCUT2D eigenvalue weighted by molar-refractivity contribution is -0.140. The van der Waals surface area contributed by atoms with Gasteiger partial charge in [0.15, 0.2) is 5.60 Å². The molecule has 1 amide bonds. The van der Waals surface area contributed by atoms with Crippen molar-refractivity contribution in [3.63, 3.8) is 0 Å². The maximum Gasteiger partial charge on any atom is 0.256 e. The monoisotopic (exact) mass is 448 g/mol. The Bertz CT molecular complexity index is 865. The van der Waals surface area contributed by atoms with E-state index in [1.165, 1.54) is 57.1 Å². The molecule has 2 aromatic carbocycles. The summed E-state index contributed by atoms with van der Waals surface area (Å²) in [6.07, 6.45) is 16.6. The third-order valence-electron chi connectivity index (χ3n) is 6.48. The lowest BCUT2D eigenvalue weighted by atomic mass is 9.82. The van der Waals surface area contributed by atoms with Crippen molar-refractivity contribution in [2.24, 2.45) is 0 Å². The van der Waals surface area contributed by atoms with Crippen molar-refractivity contribution in [1.29, 1.82) is 0 Å². The van der Waals surface area contributed by atoms with Crippen LogP contribution in [0.5, 0.6) is 0 Å². The van der Waals surface area contributed by atoms with Gasteiger partial charge in [-0.1, -0.05) is 106 Å². The molecule has 1 aliphatic rings. The van der Waals surface area contributed by atoms with E-state index >= 15 is 0 Å². The molecule has 1 unspecified atom stereocenters. The molecule has 4 nitrogen and oxygen atoms in total. The summed E-state index contributed by atoms with van der Waals surface area (Å²) >= 11 is 0. The van der Waals surface area contributed by atoms with Gasteiger partial charge in [-0.2, -0.15) is 0 Å². The summed E-state index contributed by atoms with van der Waals surface area (Å²) in [6, 6.07) is 18.0. The highest BCUT2D eigenvalue weighted by Crippen LogP contribution is 2.33. The van der Waals surface area contributed by atoms with Crippen LogP contribution in [0.25, 0.3) is 6.08 Å². The van der Waals surface area contributed by atoms with Gasteiger partial charge in [0.1, 0.15) is 0 Å². The Balaban J connectivity index is 1.14. The third kappa shape index (κ3) is 8.04. The van der Waals surface area contributed by atoms with Crippen molar-refractivity contribution in [3.8, 4) is 0 Å². The highest BCUT2D eigenvalue weighted by Gasteiger charge is 2.39. The molecule has 3 N–H and O–H groups in total. The van der Waals surface area contributed by atoms with Gasteiger partial charge in [-0.25, -0.2) is 0 Å². The molecule has 3 rings (SSSR count). The average Bonchev–Trinajstić information content (AvgIpc) is 2.85. The van der Waals surface area contributed by atoms with Crippen molar-refractivity contribution >= 4 is 17.7 Å². The number of fused-ring (bicyclic) bond motifs is 1. The van der Waals surface area contributed by atoms with E-state index in [0.29, 0.717) is 18.5 Å². The fourth-order valence-corrected chi connectivity index (χ4v) is 4.50. The highest BCUT2D eigenvalue weighted by molar-refractivity contribution is 5.88. The molecule has 0 fully saturated rings. The van der Waals surface area contributed by atoms with Crippen molar-refractivity contribution < 1.29 is 9.90 Å². The van der Waals surface area contributed by atoms with Crippen LogP contribution in [0.2, 0.25) is 0 Å². The molecule has 0 heterocycles. The zero-order valence-corrected chi connectivity index (χ0v) is 19.9. The lowest BCUT2D eigenvalue weighted by Crippen LogP contribution is -2.45. The number of unbranched alkanes of at least 4 members (excludes halogenated alkanes) is 9. The molecule has 1 atom stereocenters. The Hall–Kier alpha value is -2.59. The summed E-state index contributed by atoms with van der Waals surface area (Å²) in [5, 5.41) is 17.4. The van der Waals surface area contributed by atoms with Crippen LogP contribution in [0.1, 0.15) is 81.8 Å². The molecule has 33 heavy (non-hydrogen) atoms. The quantitative estimate of drug-likeness (QED) is 0.276. The van der Waals surface area contributed by atoms with E-state index < -0.39 is 5.60 Å². The number of nitrogens with one attached hydrogen (secondary N) is 2. The van der Waals surface area contributed by atoms with E-state index in [1.54, 1.807) is 0 Å². The Kier molecular flexibility index (Phi) is 10.5. The fourth-order valence-electron chi connectivity index (χ4n) is 4.50. The van der Waals surface area contributed by atoms with Crippen LogP contribution in [0, 0.1) is 0 Å². The van der Waals surface area contributed by atoms with Crippen molar-refractivity contribution in [3.05, 3.63) is 71.8 Å². The number of amides is 1. The van der Waals surface area contributed by atoms with Crippen LogP contribution in [0.3, 0.4) is 0 Å². The first-order valence-electron chi connectivity index (χ1n) is 12.8. The molecule has 0 radical (unpaired) electrons. The van der Waals surface area contributed by atoms with E-state index in [2.05, 4.69) is 34.9 Å². The van der Waals surface area contributed by atoms with Crippen LogP contribution >= 0.6 is 0 Å². The van der Waals surface area contributed by atoms with Gasteiger partial charge in [0, 0.05) is 30.8 Å². The number of aliphatic hydroxyl groups is 1. The normalized spacial score (nSPS) is 16.9. The molecule has 0 aromatic heterocycles. The molecule has 1 aliphatic carbocycles. The van der Waals surface area contributed by atoms with E-state index in [0.717, 1.165) is 24.9 Å². The minimum atomic E-state index is -1.44. The summed E-state index contributed by atoms with van der Waals surface area (Å²) < 4.78 is 0. The van der Waals surface area contributed by atoms with Crippen LogP contribution in [0.4, 0.5) is 5.69 Å². The van der Waals surface area contributed by atoms with Crippen LogP contribution in [-0.2, 0) is 10.4 Å². The molecule has 2 aromatic rings. The Morgan fingerprint density at radius 2 is 1.33 bits per heavy atom. The molecule has 4 heteroatoms. The number of para-hydroxylation sites is 1. The van der Waals surface area contributed by atoms with Gasteiger partial charge in [-0.3, -0.25) is 4.79 Å². The topological polar surface area (TPSA) is 61.4 Å². The van der Waals surface area contributed by atoms with Crippen molar-refractivity contribution in [2.45, 2.75) is 76.2 Å². The summed E-state index contributed by atoms with van der Waals surface area (Å²) in [5.74, 6) is -0.279. The van der Waals surface area contributed by atoms with Crippen LogP contribution in [0.15, 0.2) is 60.7 Å². The van der Waals surface area contributed by atoms with Gasteiger partial charge in [0.25, 0.3) is 5.91 Å². The predicted molar refractivity (Wildman–Crippen MR) is 138 cm³/mol. The molecule has 0 saturated carbocycles. The SMILES string of the molecule is O=C(NCCCCCCCCCCCCNc1ccccc1)C1(O)CC=Cc2ccccc21. The minimum absolute atomic E-state index is 0.279. The molecule has 0 bridgehead atoms. The molecule has 0 saturated heterocycles. The van der Waals surface area contributed by atoms with Gasteiger partial charge < -0.3 is 15.7 Å². The summed E-state index contributed by atoms with van der Waals surface area (Å²) in [4.78, 5) is 12.7. The molecule has 0 aliphatic heterocycles. The molecular weight excluding hydrogens is 408 g/mol. The van der Waals surface area contributed by atoms with Gasteiger partial charge in [0.2, 0.25) is 0 Å². The number of hydrogen-bond donors (Lipinski definition) is 3. The second kappa shape index (κ2) is 13.8. The van der Waals surface area contributed by atoms with Crippen molar-refractivity contribution in [2.75, 3.05) is 18.4 Å². The summed E-state index contributed by atoms with van der Waals surface area (Å²) in [7, 11) is 0. The molecule has 0 spiro atoms. The Morgan fingerprint density at radius 1 is 0.758 bits per heavy atom. The Labute approximate surface area is 199 Å². The first kappa shape index (κ1) is 25.0. The Morgan fingerprint density at radius 3 is 2.03 bits per heavy atom. The van der Waals surface area contributed by atoms with Gasteiger partial charge in [0.05, 0.1) is 0 Å². The molecular formula is C29H40N2O2. The number of hydrogen-bond acceptors (Lipinski definition) is 3. The zero-order valence-electron chi connectivity index (χ0n) is 19.9. The summed E-state index contributed by atoms with van der Waals surface area (Å²) in [5.41, 5.74) is 1.40. The number of carbonyl (C=O) groups excluding carboxylic acids is 1. The van der Waals surface area contributed by atoms with Crippen LogP contribution in [-0.4, -0.2) is 24.1 Å². The average molecular weight is 449 g/mol. The van der Waals surface area contributed by atoms with Crippen molar-refractivity contribution in [1.82, 2.24) is 5.32 Å². The minimum Gasteiger partial charge on any atom is -0.385 e. The number of benzene rings is 2. The van der Waals surface area contributed by atoms with E-state index in [4.69, 9.17) is 0 Å². The van der Waals surface area contributed by atoms with Gasteiger partial charge in [-0.05, 0) is 30.5 Å². The number of rotatable bonds is 15. The first-order chi connectivity index (χ1) is 16.2. The largest absolute Gasteiger partial charge is 0.385 e. The zero-order chi connectivity index (χ0) is 23.2. The van der Waals surface area contributed by atoms with Gasteiger partial charge >= 0.3 is 0 Å². The fraction of sp³-hybridized carbons (Fsp3) is 0.483. The highest BCUT2D eigenvalue weighted by atomic mass is 16.3. The third-order valence-corrected chi connectivity index (χ3v) is 6.48. The second-order valence-corrected chi connectivity index (χ2v) is 9.14. The van der Waals surface area contributed by atoms with E-state index in [1.807, 2.05) is 42.5 Å². The second-order valence-electron chi connectivity index (χ2n) is 9.14. The van der Waals surface area contributed by atoms with E-state index in [9.17, 15) is 9.90 Å². The summed E-state index contributed by atoms with van der Waals surface area (Å²) in [6.45, 7) is 1.69. The maximum absolute atomic E-state index is 12.7. The smallest absolute Gasteiger partial charge is 0.256 e. The standard InChI is InChI=1S/C29H40N2O2/c32-28(29(33)22-16-18-25-17-12-13-21-27(25)29)31-24-15-8-6-4-2-1-3-5-7-14-23-30-26-19-10-9-11-20-26/h9-13,16-21,30,33H,1-8,14-15,22-24H2,(H,31,32). The number of anilines is 1. The van der Waals surface area contributed by atoms with E-state index in [-0.39, 0.29) is 5.91 Å². The maximum atomic E-state index is 12.7. The first-order valence-corrected chi connectivity index (χ1v) is 12.8. The lowest BCUT2D eigenvalue weighted by Gasteiger charge is -2.30.